The highest BCUT2D eigenvalue weighted by molar-refractivity contribution is 6.34. The molecule has 0 atom stereocenters. The van der Waals surface area contributed by atoms with Gasteiger partial charge in [-0.15, -0.1) is 0 Å². The van der Waals surface area contributed by atoms with Gasteiger partial charge in [0.25, 0.3) is 5.91 Å². The number of rotatable bonds is 7. The fourth-order valence-corrected chi connectivity index (χ4v) is 2.06. The first kappa shape index (κ1) is 17.1. The number of carbonyl (C=O) groups is 1. The summed E-state index contributed by atoms with van der Waals surface area (Å²) in [4.78, 5) is 13.8. The molecule has 20 heavy (non-hydrogen) atoms. The minimum absolute atomic E-state index is 0.0486. The number of nitrogens with zero attached hydrogens (tertiary/aromatic N) is 1. The summed E-state index contributed by atoms with van der Waals surface area (Å²) in [6, 6.07) is 4.90. The van der Waals surface area contributed by atoms with E-state index in [2.05, 4.69) is 0 Å². The van der Waals surface area contributed by atoms with E-state index in [4.69, 9.17) is 33.0 Å². The van der Waals surface area contributed by atoms with Crippen LogP contribution in [-0.2, 0) is 4.79 Å². The molecule has 1 aromatic rings. The highest BCUT2D eigenvalue weighted by Gasteiger charge is 2.17. The second kappa shape index (κ2) is 8.35. The summed E-state index contributed by atoms with van der Waals surface area (Å²) in [7, 11) is 0. The lowest BCUT2D eigenvalue weighted by atomic mass is 10.3. The third-order valence-corrected chi connectivity index (χ3v) is 3.29. The Bertz CT molecular complexity index is 452. The number of amides is 1. The van der Waals surface area contributed by atoms with Gasteiger partial charge < -0.3 is 14.7 Å². The molecule has 0 spiro atoms. The van der Waals surface area contributed by atoms with Gasteiger partial charge in [0.15, 0.2) is 6.61 Å². The van der Waals surface area contributed by atoms with Crippen molar-refractivity contribution in [3.05, 3.63) is 28.2 Å². The molecule has 0 aliphatic carbocycles. The molecule has 0 fully saturated rings. The molecule has 0 aliphatic heterocycles. The molecule has 0 saturated carbocycles. The molecule has 1 rings (SSSR count). The Kier molecular flexibility index (Phi) is 7.13. The molecular formula is C14H19Cl2NO3. The lowest BCUT2D eigenvalue weighted by molar-refractivity contribution is -0.135. The van der Waals surface area contributed by atoms with Crippen LogP contribution in [0.3, 0.4) is 0 Å². The normalized spacial score (nSPS) is 10.7. The smallest absolute Gasteiger partial charge is 0.260 e. The van der Waals surface area contributed by atoms with Gasteiger partial charge in [-0.2, -0.15) is 0 Å². The highest BCUT2D eigenvalue weighted by Crippen LogP contribution is 2.27. The second-order valence-corrected chi connectivity index (χ2v) is 5.47. The monoisotopic (exact) mass is 319 g/mol. The maximum atomic E-state index is 12.1. The zero-order chi connectivity index (χ0) is 15.1. The van der Waals surface area contributed by atoms with Crippen molar-refractivity contribution >= 4 is 29.1 Å². The van der Waals surface area contributed by atoms with Crippen LogP contribution in [0.1, 0.15) is 20.3 Å². The minimum Gasteiger partial charge on any atom is -0.482 e. The Morgan fingerprint density at radius 3 is 2.70 bits per heavy atom. The largest absolute Gasteiger partial charge is 0.482 e. The van der Waals surface area contributed by atoms with E-state index < -0.39 is 0 Å². The number of hydrogen-bond acceptors (Lipinski definition) is 3. The summed E-state index contributed by atoms with van der Waals surface area (Å²) in [5, 5.41) is 9.76. The Labute approximate surface area is 129 Å². The number of benzene rings is 1. The van der Waals surface area contributed by atoms with Crippen LogP contribution < -0.4 is 4.74 Å². The molecule has 0 saturated heterocycles. The first-order chi connectivity index (χ1) is 9.45. The van der Waals surface area contributed by atoms with Gasteiger partial charge in [-0.05, 0) is 32.4 Å². The Morgan fingerprint density at radius 2 is 2.10 bits per heavy atom. The fourth-order valence-electron chi connectivity index (χ4n) is 1.72. The summed E-state index contributed by atoms with van der Waals surface area (Å²) in [6.45, 7) is 4.28. The predicted octanol–water partition coefficient (Wildman–Crippen LogP) is 2.99. The van der Waals surface area contributed by atoms with Gasteiger partial charge in [-0.3, -0.25) is 4.79 Å². The number of halogens is 2. The number of ether oxygens (including phenoxy) is 1. The average molecular weight is 320 g/mol. The van der Waals surface area contributed by atoms with Crippen LogP contribution >= 0.6 is 23.2 Å². The van der Waals surface area contributed by atoms with Crippen LogP contribution in [0.2, 0.25) is 10.0 Å². The molecule has 4 nitrogen and oxygen atoms in total. The molecular weight excluding hydrogens is 301 g/mol. The zero-order valence-corrected chi connectivity index (χ0v) is 13.1. The van der Waals surface area contributed by atoms with Crippen molar-refractivity contribution in [1.29, 1.82) is 0 Å². The molecule has 0 aliphatic rings. The quantitative estimate of drug-likeness (QED) is 0.840. The van der Waals surface area contributed by atoms with Crippen molar-refractivity contribution in [3.63, 3.8) is 0 Å². The molecule has 0 heterocycles. The summed E-state index contributed by atoms with van der Waals surface area (Å²) < 4.78 is 5.42. The molecule has 1 N–H and O–H groups in total. The van der Waals surface area contributed by atoms with Crippen molar-refractivity contribution in [2.75, 3.05) is 19.8 Å². The van der Waals surface area contributed by atoms with E-state index in [-0.39, 0.29) is 25.2 Å². The number of carbonyl (C=O) groups excluding carboxylic acids is 1. The van der Waals surface area contributed by atoms with Gasteiger partial charge in [0.05, 0.1) is 5.02 Å². The van der Waals surface area contributed by atoms with E-state index in [1.807, 2.05) is 13.8 Å². The van der Waals surface area contributed by atoms with Crippen molar-refractivity contribution in [2.45, 2.75) is 26.3 Å². The topological polar surface area (TPSA) is 49.8 Å². The van der Waals surface area contributed by atoms with Crippen molar-refractivity contribution < 1.29 is 14.6 Å². The van der Waals surface area contributed by atoms with Crippen LogP contribution in [0.5, 0.6) is 5.75 Å². The van der Waals surface area contributed by atoms with Gasteiger partial charge in [0.2, 0.25) is 0 Å². The maximum Gasteiger partial charge on any atom is 0.260 e. The second-order valence-electron chi connectivity index (χ2n) is 4.62. The number of aliphatic hydroxyl groups excluding tert-OH is 1. The molecule has 112 valence electrons. The van der Waals surface area contributed by atoms with Crippen molar-refractivity contribution in [2.24, 2.45) is 0 Å². The van der Waals surface area contributed by atoms with Crippen LogP contribution in [0, 0.1) is 0 Å². The number of aliphatic hydroxyl groups is 1. The molecule has 6 heteroatoms. The van der Waals surface area contributed by atoms with Gasteiger partial charge in [0.1, 0.15) is 5.75 Å². The standard InChI is InChI=1S/C14H19Cl2NO3/c1-10(2)17(6-3-7-18)14(19)9-20-13-8-11(15)4-5-12(13)16/h4-5,8,10,18H,3,6-7,9H2,1-2H3. The van der Waals surface area contributed by atoms with E-state index in [0.717, 1.165) is 0 Å². The van der Waals surface area contributed by atoms with E-state index in [9.17, 15) is 4.79 Å². The molecule has 0 bridgehead atoms. The van der Waals surface area contributed by atoms with Crippen molar-refractivity contribution in [1.82, 2.24) is 4.90 Å². The molecule has 0 aromatic heterocycles. The lowest BCUT2D eigenvalue weighted by Crippen LogP contribution is -2.40. The van der Waals surface area contributed by atoms with Crippen LogP contribution in [-0.4, -0.2) is 41.7 Å². The van der Waals surface area contributed by atoms with Gasteiger partial charge in [-0.25, -0.2) is 0 Å². The summed E-state index contributed by atoms with van der Waals surface area (Å²) >= 11 is 11.8. The third kappa shape index (κ3) is 5.19. The fraction of sp³-hybridized carbons (Fsp3) is 0.500. The van der Waals surface area contributed by atoms with Gasteiger partial charge >= 0.3 is 0 Å². The van der Waals surface area contributed by atoms with Crippen LogP contribution in [0.15, 0.2) is 18.2 Å². The molecule has 1 aromatic carbocycles. The Morgan fingerprint density at radius 1 is 1.40 bits per heavy atom. The molecule has 0 unspecified atom stereocenters. The van der Waals surface area contributed by atoms with E-state index in [1.54, 1.807) is 23.1 Å². The Balaban J connectivity index is 2.62. The number of hydrogen-bond donors (Lipinski definition) is 1. The summed E-state index contributed by atoms with van der Waals surface area (Å²) in [5.74, 6) is 0.239. The lowest BCUT2D eigenvalue weighted by Gasteiger charge is -2.26. The minimum atomic E-state index is -0.149. The van der Waals surface area contributed by atoms with Gasteiger partial charge in [-0.1, -0.05) is 23.2 Å². The van der Waals surface area contributed by atoms with E-state index in [1.165, 1.54) is 0 Å². The van der Waals surface area contributed by atoms with Crippen molar-refractivity contribution in [3.8, 4) is 5.75 Å². The average Bonchev–Trinajstić information content (AvgIpc) is 2.40. The maximum absolute atomic E-state index is 12.1. The first-order valence-electron chi connectivity index (χ1n) is 6.44. The first-order valence-corrected chi connectivity index (χ1v) is 7.19. The highest BCUT2D eigenvalue weighted by atomic mass is 35.5. The van der Waals surface area contributed by atoms with Crippen LogP contribution in [0.25, 0.3) is 0 Å². The molecule has 1 amide bonds. The van der Waals surface area contributed by atoms with Crippen LogP contribution in [0.4, 0.5) is 0 Å². The Hall–Kier alpha value is -0.970. The zero-order valence-electron chi connectivity index (χ0n) is 11.6. The third-order valence-electron chi connectivity index (χ3n) is 2.75. The summed E-state index contributed by atoms with van der Waals surface area (Å²) in [5.41, 5.74) is 0. The molecule has 0 radical (unpaired) electrons. The van der Waals surface area contributed by atoms with E-state index in [0.29, 0.717) is 28.8 Å². The van der Waals surface area contributed by atoms with Gasteiger partial charge in [0, 0.05) is 30.3 Å². The van der Waals surface area contributed by atoms with E-state index >= 15 is 0 Å². The predicted molar refractivity (Wildman–Crippen MR) is 80.5 cm³/mol. The summed E-state index contributed by atoms with van der Waals surface area (Å²) in [6.07, 6.45) is 0.543. The SMILES string of the molecule is CC(C)N(CCCO)C(=O)COc1cc(Cl)ccc1Cl.